The van der Waals surface area contributed by atoms with Gasteiger partial charge in [-0.3, -0.25) is 15.6 Å². The third-order valence-corrected chi connectivity index (χ3v) is 2.62. The summed E-state index contributed by atoms with van der Waals surface area (Å²) in [6.07, 6.45) is 1.35. The molecule has 0 aliphatic carbocycles. The van der Waals surface area contributed by atoms with Crippen molar-refractivity contribution in [2.75, 3.05) is 10.7 Å². The summed E-state index contributed by atoms with van der Waals surface area (Å²) in [5.41, 5.74) is 3.79. The van der Waals surface area contributed by atoms with Crippen LogP contribution in [0, 0.1) is 18.6 Å². The zero-order valence-electron chi connectivity index (χ0n) is 10.6. The highest BCUT2D eigenvalue weighted by Gasteiger charge is 2.13. The maximum absolute atomic E-state index is 13.1. The van der Waals surface area contributed by atoms with Crippen LogP contribution in [-0.4, -0.2) is 10.9 Å². The number of carbonyl (C=O) groups excluding carboxylic acids is 1. The van der Waals surface area contributed by atoms with Crippen molar-refractivity contribution in [1.82, 2.24) is 4.98 Å². The molecule has 0 aliphatic heterocycles. The van der Waals surface area contributed by atoms with E-state index < -0.39 is 17.5 Å². The number of nitrogens with two attached hydrogens (primary N) is 1. The number of rotatable bonds is 3. The molecule has 20 heavy (non-hydrogen) atoms. The molecule has 0 aliphatic rings. The number of anilines is 2. The SMILES string of the molecule is Cc1cc(NN)c(C(=O)Nc2ccc(F)c(F)c2)cn1. The summed E-state index contributed by atoms with van der Waals surface area (Å²) in [6, 6.07) is 4.68. The number of hydrogen-bond donors (Lipinski definition) is 3. The molecule has 1 heterocycles. The van der Waals surface area contributed by atoms with E-state index in [2.05, 4.69) is 15.7 Å². The Kier molecular flexibility index (Phi) is 3.90. The monoisotopic (exact) mass is 278 g/mol. The molecule has 1 aromatic carbocycles. The number of nitrogens with one attached hydrogen (secondary N) is 2. The molecule has 2 rings (SSSR count). The van der Waals surface area contributed by atoms with Gasteiger partial charge < -0.3 is 10.7 Å². The van der Waals surface area contributed by atoms with E-state index in [9.17, 15) is 13.6 Å². The fourth-order valence-electron chi connectivity index (χ4n) is 1.63. The van der Waals surface area contributed by atoms with Crippen molar-refractivity contribution < 1.29 is 13.6 Å². The molecule has 0 saturated heterocycles. The molecule has 0 fully saturated rings. The van der Waals surface area contributed by atoms with Crippen LogP contribution >= 0.6 is 0 Å². The Labute approximate surface area is 113 Å². The molecule has 7 heteroatoms. The minimum atomic E-state index is -1.04. The first-order chi connectivity index (χ1) is 9.51. The van der Waals surface area contributed by atoms with Gasteiger partial charge in [0.25, 0.3) is 5.91 Å². The van der Waals surface area contributed by atoms with Crippen molar-refractivity contribution in [3.05, 3.63) is 53.4 Å². The van der Waals surface area contributed by atoms with E-state index >= 15 is 0 Å². The largest absolute Gasteiger partial charge is 0.323 e. The summed E-state index contributed by atoms with van der Waals surface area (Å²) < 4.78 is 25.9. The van der Waals surface area contributed by atoms with E-state index in [1.165, 1.54) is 12.3 Å². The quantitative estimate of drug-likeness (QED) is 0.594. The lowest BCUT2D eigenvalue weighted by Crippen LogP contribution is -2.18. The van der Waals surface area contributed by atoms with Crippen molar-refractivity contribution in [2.45, 2.75) is 6.92 Å². The molecular formula is C13H12F2N4O. The number of carbonyl (C=O) groups is 1. The van der Waals surface area contributed by atoms with Crippen LogP contribution in [0.15, 0.2) is 30.5 Å². The van der Waals surface area contributed by atoms with Gasteiger partial charge in [-0.2, -0.15) is 0 Å². The van der Waals surface area contributed by atoms with Crippen LogP contribution in [0.4, 0.5) is 20.2 Å². The highest BCUT2D eigenvalue weighted by atomic mass is 19.2. The van der Waals surface area contributed by atoms with Gasteiger partial charge in [0.15, 0.2) is 11.6 Å². The molecule has 0 atom stereocenters. The zero-order chi connectivity index (χ0) is 14.7. The third kappa shape index (κ3) is 2.89. The smallest absolute Gasteiger partial charge is 0.259 e. The Balaban J connectivity index is 2.25. The second-order valence-corrected chi connectivity index (χ2v) is 4.10. The number of benzene rings is 1. The normalized spacial score (nSPS) is 10.2. The van der Waals surface area contributed by atoms with Crippen LogP contribution in [-0.2, 0) is 0 Å². The Hall–Kier alpha value is -2.54. The topological polar surface area (TPSA) is 80.0 Å². The van der Waals surface area contributed by atoms with Crippen LogP contribution < -0.4 is 16.6 Å². The summed E-state index contributed by atoms with van der Waals surface area (Å²) >= 11 is 0. The summed E-state index contributed by atoms with van der Waals surface area (Å²) in [7, 11) is 0. The van der Waals surface area contributed by atoms with Crippen LogP contribution in [0.5, 0.6) is 0 Å². The lowest BCUT2D eigenvalue weighted by molar-refractivity contribution is 0.102. The Morgan fingerprint density at radius 1 is 1.25 bits per heavy atom. The van der Waals surface area contributed by atoms with Crippen molar-refractivity contribution >= 4 is 17.3 Å². The number of hydrogen-bond acceptors (Lipinski definition) is 4. The molecule has 0 saturated carbocycles. The lowest BCUT2D eigenvalue weighted by atomic mass is 10.2. The van der Waals surface area contributed by atoms with Crippen molar-refractivity contribution in [3.63, 3.8) is 0 Å². The molecule has 0 bridgehead atoms. The molecule has 1 aromatic heterocycles. The van der Waals surface area contributed by atoms with E-state index in [-0.39, 0.29) is 11.3 Å². The molecular weight excluding hydrogens is 266 g/mol. The summed E-state index contributed by atoms with van der Waals surface area (Å²) in [5.74, 6) is 2.77. The van der Waals surface area contributed by atoms with Crippen molar-refractivity contribution in [1.29, 1.82) is 0 Å². The minimum Gasteiger partial charge on any atom is -0.323 e. The molecule has 4 N–H and O–H groups in total. The first-order valence-electron chi connectivity index (χ1n) is 5.71. The van der Waals surface area contributed by atoms with Gasteiger partial charge in [0.2, 0.25) is 0 Å². The third-order valence-electron chi connectivity index (χ3n) is 2.62. The van der Waals surface area contributed by atoms with Gasteiger partial charge >= 0.3 is 0 Å². The molecule has 1 amide bonds. The second kappa shape index (κ2) is 5.62. The van der Waals surface area contributed by atoms with E-state index in [0.717, 1.165) is 12.1 Å². The van der Waals surface area contributed by atoms with Crippen LogP contribution in [0.25, 0.3) is 0 Å². The first kappa shape index (κ1) is 13.9. The zero-order valence-corrected chi connectivity index (χ0v) is 10.6. The lowest BCUT2D eigenvalue weighted by Gasteiger charge is -2.10. The molecule has 0 radical (unpaired) electrons. The van der Waals surface area contributed by atoms with Crippen LogP contribution in [0.1, 0.15) is 16.1 Å². The molecule has 104 valence electrons. The maximum atomic E-state index is 13.1. The van der Waals surface area contributed by atoms with E-state index in [0.29, 0.717) is 11.4 Å². The Morgan fingerprint density at radius 2 is 2.00 bits per heavy atom. The van der Waals surface area contributed by atoms with E-state index in [4.69, 9.17) is 5.84 Å². The van der Waals surface area contributed by atoms with Crippen LogP contribution in [0.3, 0.4) is 0 Å². The average Bonchev–Trinajstić information content (AvgIpc) is 2.42. The maximum Gasteiger partial charge on any atom is 0.259 e. The van der Waals surface area contributed by atoms with E-state index in [1.54, 1.807) is 13.0 Å². The van der Waals surface area contributed by atoms with Gasteiger partial charge in [0.05, 0.1) is 11.3 Å². The standard InChI is InChI=1S/C13H12F2N4O/c1-7-4-12(19-16)9(6-17-7)13(20)18-8-2-3-10(14)11(15)5-8/h2-6H,16H2,1H3,(H,17,19)(H,18,20). The second-order valence-electron chi connectivity index (χ2n) is 4.10. The van der Waals surface area contributed by atoms with Gasteiger partial charge in [-0.25, -0.2) is 8.78 Å². The number of halogens is 2. The number of hydrazine groups is 1. The Morgan fingerprint density at radius 3 is 2.65 bits per heavy atom. The van der Waals surface area contributed by atoms with E-state index in [1.807, 2.05) is 0 Å². The van der Waals surface area contributed by atoms with Gasteiger partial charge in [-0.1, -0.05) is 0 Å². The first-order valence-corrected chi connectivity index (χ1v) is 5.71. The summed E-state index contributed by atoms with van der Waals surface area (Å²) in [4.78, 5) is 16.0. The number of amides is 1. The minimum absolute atomic E-state index is 0.137. The molecule has 5 nitrogen and oxygen atoms in total. The summed E-state index contributed by atoms with van der Waals surface area (Å²) in [6.45, 7) is 1.75. The molecule has 2 aromatic rings. The highest BCUT2D eigenvalue weighted by Crippen LogP contribution is 2.18. The van der Waals surface area contributed by atoms with Gasteiger partial charge in [-0.15, -0.1) is 0 Å². The summed E-state index contributed by atoms with van der Waals surface area (Å²) in [5, 5.41) is 2.44. The predicted octanol–water partition coefficient (Wildman–Crippen LogP) is 2.21. The molecule has 0 spiro atoms. The number of pyridine rings is 1. The van der Waals surface area contributed by atoms with Crippen molar-refractivity contribution in [2.24, 2.45) is 5.84 Å². The number of nitrogen functional groups attached to an aromatic ring is 1. The van der Waals surface area contributed by atoms with Gasteiger partial charge in [0.1, 0.15) is 0 Å². The Bertz CT molecular complexity index is 661. The van der Waals surface area contributed by atoms with Crippen molar-refractivity contribution in [3.8, 4) is 0 Å². The highest BCUT2D eigenvalue weighted by molar-refractivity contribution is 6.07. The number of aromatic nitrogens is 1. The number of aryl methyl sites for hydroxylation is 1. The fourth-order valence-corrected chi connectivity index (χ4v) is 1.63. The van der Waals surface area contributed by atoms with Gasteiger partial charge in [-0.05, 0) is 25.1 Å². The fraction of sp³-hybridized carbons (Fsp3) is 0.0769. The molecule has 0 unspecified atom stereocenters. The van der Waals surface area contributed by atoms with Crippen LogP contribution in [0.2, 0.25) is 0 Å². The predicted molar refractivity (Wildman–Crippen MR) is 71.1 cm³/mol. The van der Waals surface area contributed by atoms with Gasteiger partial charge in [0, 0.05) is 23.6 Å². The number of nitrogens with zero attached hydrogens (tertiary/aromatic N) is 1. The average molecular weight is 278 g/mol.